The summed E-state index contributed by atoms with van der Waals surface area (Å²) in [6.07, 6.45) is 2.14. The van der Waals surface area contributed by atoms with Gasteiger partial charge in [0.25, 0.3) is 0 Å². The normalized spacial score (nSPS) is 12.9. The molecule has 0 N–H and O–H groups in total. The first kappa shape index (κ1) is 18.7. The van der Waals surface area contributed by atoms with Gasteiger partial charge in [0.05, 0.1) is 12.6 Å². The molecule has 0 aromatic heterocycles. The van der Waals surface area contributed by atoms with Crippen LogP contribution in [0.15, 0.2) is 72.9 Å². The molecule has 3 heterocycles. The summed E-state index contributed by atoms with van der Waals surface area (Å²) in [7, 11) is 1.66. The Morgan fingerprint density at radius 2 is 1.59 bits per heavy atom. The first-order valence-electron chi connectivity index (χ1n) is 10.6. The lowest BCUT2D eigenvalue weighted by atomic mass is 10.0. The van der Waals surface area contributed by atoms with Crippen molar-refractivity contribution in [3.8, 4) is 39.8 Å². The van der Waals surface area contributed by atoms with E-state index in [4.69, 9.17) is 14.2 Å². The Bertz CT molecular complexity index is 1380. The SMILES string of the molecule is COc1ccc(-c2nnc3c4cc5c(cc4n(Cc4ccccc4)cc2-3)OCCO5)cc1. The van der Waals surface area contributed by atoms with Crippen LogP contribution in [-0.2, 0) is 6.54 Å². The Balaban J connectivity index is 1.57. The van der Waals surface area contributed by atoms with E-state index < -0.39 is 0 Å². The highest BCUT2D eigenvalue weighted by atomic mass is 16.6. The molecule has 3 aromatic carbocycles. The number of hydrogen-bond donors (Lipinski definition) is 0. The molecule has 0 unspecified atom stereocenters. The Kier molecular flexibility index (Phi) is 4.42. The second kappa shape index (κ2) is 7.57. The molecule has 6 nitrogen and oxygen atoms in total. The summed E-state index contributed by atoms with van der Waals surface area (Å²) in [5.41, 5.74) is 5.94. The molecule has 0 amide bonds. The number of hydrogen-bond acceptors (Lipinski definition) is 5. The van der Waals surface area contributed by atoms with Gasteiger partial charge in [0, 0.05) is 35.3 Å². The van der Waals surface area contributed by atoms with E-state index in [9.17, 15) is 0 Å². The van der Waals surface area contributed by atoms with E-state index in [1.54, 1.807) is 7.11 Å². The zero-order chi connectivity index (χ0) is 21.5. The van der Waals surface area contributed by atoms with Crippen molar-refractivity contribution < 1.29 is 14.2 Å². The predicted octanol–water partition coefficient (Wildman–Crippen LogP) is 5.03. The second-order valence-corrected chi connectivity index (χ2v) is 7.80. The van der Waals surface area contributed by atoms with Crippen LogP contribution >= 0.6 is 0 Å². The Morgan fingerprint density at radius 1 is 0.875 bits per heavy atom. The van der Waals surface area contributed by atoms with Crippen LogP contribution in [0, 0.1) is 0 Å². The van der Waals surface area contributed by atoms with E-state index in [1.165, 1.54) is 5.56 Å². The number of nitrogens with zero attached hydrogens (tertiary/aromatic N) is 3. The van der Waals surface area contributed by atoms with Crippen LogP contribution in [0.2, 0.25) is 0 Å². The van der Waals surface area contributed by atoms with E-state index >= 15 is 0 Å². The van der Waals surface area contributed by atoms with Crippen molar-refractivity contribution in [2.45, 2.75) is 6.54 Å². The molecule has 158 valence electrons. The van der Waals surface area contributed by atoms with Crippen molar-refractivity contribution in [2.75, 3.05) is 20.3 Å². The minimum Gasteiger partial charge on any atom is -0.497 e. The minimum atomic E-state index is 0.544. The van der Waals surface area contributed by atoms with Gasteiger partial charge in [-0.05, 0) is 35.9 Å². The number of pyridine rings is 1. The van der Waals surface area contributed by atoms with Crippen LogP contribution in [0.4, 0.5) is 0 Å². The first-order valence-corrected chi connectivity index (χ1v) is 10.6. The number of methoxy groups -OCH3 is 1. The third-order valence-corrected chi connectivity index (χ3v) is 5.83. The van der Waals surface area contributed by atoms with Crippen molar-refractivity contribution in [3.05, 3.63) is 78.5 Å². The lowest BCUT2D eigenvalue weighted by Crippen LogP contribution is -2.15. The lowest BCUT2D eigenvalue weighted by molar-refractivity contribution is 0.172. The minimum absolute atomic E-state index is 0.544. The maximum atomic E-state index is 5.86. The number of aromatic nitrogens is 3. The first-order chi connectivity index (χ1) is 15.8. The molecule has 0 spiro atoms. The molecule has 6 rings (SSSR count). The third kappa shape index (κ3) is 3.12. The van der Waals surface area contributed by atoms with Gasteiger partial charge >= 0.3 is 0 Å². The van der Waals surface area contributed by atoms with Crippen molar-refractivity contribution in [1.29, 1.82) is 0 Å². The summed E-state index contributed by atoms with van der Waals surface area (Å²) < 4.78 is 19.3. The van der Waals surface area contributed by atoms with Gasteiger partial charge in [0.15, 0.2) is 11.5 Å². The Morgan fingerprint density at radius 3 is 2.34 bits per heavy atom. The van der Waals surface area contributed by atoms with Crippen molar-refractivity contribution >= 4 is 10.9 Å². The van der Waals surface area contributed by atoms with E-state index in [0.717, 1.165) is 57.2 Å². The molecule has 0 bridgehead atoms. The smallest absolute Gasteiger partial charge is 0.163 e. The third-order valence-electron chi connectivity index (χ3n) is 5.83. The van der Waals surface area contributed by atoms with Gasteiger partial charge < -0.3 is 18.8 Å². The fourth-order valence-corrected chi connectivity index (χ4v) is 4.24. The molecule has 6 heteroatoms. The van der Waals surface area contributed by atoms with Crippen LogP contribution in [0.3, 0.4) is 0 Å². The Labute approximate surface area is 185 Å². The summed E-state index contributed by atoms with van der Waals surface area (Å²) in [5, 5.41) is 10.1. The number of benzene rings is 3. The molecule has 0 saturated carbocycles. The fourth-order valence-electron chi connectivity index (χ4n) is 4.24. The maximum absolute atomic E-state index is 5.86. The van der Waals surface area contributed by atoms with Crippen LogP contribution < -0.4 is 14.2 Å². The van der Waals surface area contributed by atoms with Gasteiger partial charge in [-0.3, -0.25) is 0 Å². The van der Waals surface area contributed by atoms with Gasteiger partial charge in [-0.1, -0.05) is 30.3 Å². The standard InChI is InChI=1S/C26H21N3O3/c1-30-19-9-7-18(8-10-19)25-21-16-29(15-17-5-3-2-4-6-17)22-14-24-23(31-11-12-32-24)13-20(22)26(21)28-27-25/h2-10,13-14,16H,11-12,15H2,1H3. The topological polar surface area (TPSA) is 58.4 Å². The number of ether oxygens (including phenoxy) is 3. The molecule has 3 aromatic rings. The van der Waals surface area contributed by atoms with Crippen LogP contribution in [0.25, 0.3) is 33.4 Å². The molecule has 0 saturated heterocycles. The van der Waals surface area contributed by atoms with Crippen LogP contribution in [-0.4, -0.2) is 35.1 Å². The molecular formula is C26H21N3O3. The number of rotatable bonds is 4. The molecule has 0 fully saturated rings. The summed E-state index contributed by atoms with van der Waals surface area (Å²) in [6, 6.07) is 22.4. The predicted molar refractivity (Wildman–Crippen MR) is 123 cm³/mol. The number of fused-ring (bicyclic) bond motifs is 4. The van der Waals surface area contributed by atoms with Gasteiger partial charge in [-0.2, -0.15) is 0 Å². The Hall–Kier alpha value is -4.06. The van der Waals surface area contributed by atoms with Crippen LogP contribution in [0.5, 0.6) is 17.2 Å². The van der Waals surface area contributed by atoms with E-state index in [0.29, 0.717) is 13.2 Å². The summed E-state index contributed by atoms with van der Waals surface area (Å²) in [6.45, 7) is 1.82. The quantitative estimate of drug-likeness (QED) is 0.406. The molecule has 0 aliphatic carbocycles. The highest BCUT2D eigenvalue weighted by Crippen LogP contribution is 2.42. The largest absolute Gasteiger partial charge is 0.497 e. The maximum Gasteiger partial charge on any atom is 0.163 e. The van der Waals surface area contributed by atoms with Gasteiger partial charge in [0.1, 0.15) is 30.4 Å². The highest BCUT2D eigenvalue weighted by Gasteiger charge is 2.23. The molecular weight excluding hydrogens is 402 g/mol. The molecule has 3 aliphatic rings. The average molecular weight is 423 g/mol. The van der Waals surface area contributed by atoms with E-state index in [-0.39, 0.29) is 0 Å². The van der Waals surface area contributed by atoms with Crippen molar-refractivity contribution in [1.82, 2.24) is 14.8 Å². The van der Waals surface area contributed by atoms with Gasteiger partial charge in [0.2, 0.25) is 0 Å². The fraction of sp³-hybridized carbons (Fsp3) is 0.154. The second-order valence-electron chi connectivity index (χ2n) is 7.80. The van der Waals surface area contributed by atoms with Crippen molar-refractivity contribution in [2.24, 2.45) is 0 Å². The van der Waals surface area contributed by atoms with Crippen molar-refractivity contribution in [3.63, 3.8) is 0 Å². The van der Waals surface area contributed by atoms with Crippen LogP contribution in [0.1, 0.15) is 5.56 Å². The zero-order valence-corrected chi connectivity index (χ0v) is 17.6. The van der Waals surface area contributed by atoms with E-state index in [1.807, 2.05) is 42.5 Å². The molecule has 0 radical (unpaired) electrons. The van der Waals surface area contributed by atoms with Gasteiger partial charge in [-0.15, -0.1) is 10.2 Å². The average Bonchev–Trinajstić information content (AvgIpc) is 3.28. The summed E-state index contributed by atoms with van der Waals surface area (Å²) in [4.78, 5) is 0. The van der Waals surface area contributed by atoms with Gasteiger partial charge in [-0.25, -0.2) is 0 Å². The molecule has 3 aliphatic heterocycles. The molecule has 0 atom stereocenters. The lowest BCUT2D eigenvalue weighted by Gasteiger charge is -2.21. The summed E-state index contributed by atoms with van der Waals surface area (Å²) >= 11 is 0. The molecule has 32 heavy (non-hydrogen) atoms. The zero-order valence-electron chi connectivity index (χ0n) is 17.6. The monoisotopic (exact) mass is 423 g/mol. The summed E-state index contributed by atoms with van der Waals surface area (Å²) in [5.74, 6) is 2.32. The van der Waals surface area contributed by atoms with E-state index in [2.05, 4.69) is 45.2 Å². The highest BCUT2D eigenvalue weighted by molar-refractivity contribution is 5.99.